The number of hydrogen-bond donors (Lipinski definition) is 2. The fourth-order valence-electron chi connectivity index (χ4n) is 4.89. The Labute approximate surface area is 204 Å². The van der Waals surface area contributed by atoms with Gasteiger partial charge in [0.05, 0.1) is 0 Å². The highest BCUT2D eigenvalue weighted by atomic mass is 19.1. The van der Waals surface area contributed by atoms with E-state index in [-0.39, 0.29) is 29.7 Å². The van der Waals surface area contributed by atoms with Crippen molar-refractivity contribution in [3.63, 3.8) is 0 Å². The number of rotatable bonds is 10. The molecule has 2 aliphatic rings. The first-order valence-electron chi connectivity index (χ1n) is 13.0. The minimum absolute atomic E-state index is 0.00457. The highest BCUT2D eigenvalue weighted by molar-refractivity contribution is 5.79. The van der Waals surface area contributed by atoms with Gasteiger partial charge < -0.3 is 20.4 Å². The van der Waals surface area contributed by atoms with Crippen molar-refractivity contribution in [3.8, 4) is 0 Å². The van der Waals surface area contributed by atoms with Gasteiger partial charge in [-0.3, -0.25) is 9.69 Å². The molecule has 2 heterocycles. The van der Waals surface area contributed by atoms with E-state index in [4.69, 9.17) is 0 Å². The fraction of sp³-hybridized carbons (Fsp3) is 0.692. The average Bonchev–Trinajstić information content (AvgIpc) is 2.86. The van der Waals surface area contributed by atoms with Crippen molar-refractivity contribution in [1.29, 1.82) is 0 Å². The minimum Gasteiger partial charge on any atom is -0.356 e. The van der Waals surface area contributed by atoms with Gasteiger partial charge in [-0.25, -0.2) is 9.18 Å². The summed E-state index contributed by atoms with van der Waals surface area (Å²) in [6.45, 7) is 12.0. The largest absolute Gasteiger partial charge is 0.356 e. The van der Waals surface area contributed by atoms with Crippen molar-refractivity contribution in [2.24, 2.45) is 5.92 Å². The second-order valence-electron chi connectivity index (χ2n) is 9.56. The molecule has 0 saturated carbocycles. The molecule has 0 bridgehead atoms. The molecule has 2 saturated heterocycles. The second-order valence-corrected chi connectivity index (χ2v) is 9.56. The molecular formula is C26H42FN5O2. The number of carbonyl (C=O) groups is 2. The van der Waals surface area contributed by atoms with Crippen LogP contribution in [-0.2, 0) is 11.3 Å². The molecule has 2 aliphatic heterocycles. The number of nitrogens with one attached hydrogen (secondary N) is 2. The van der Waals surface area contributed by atoms with Gasteiger partial charge >= 0.3 is 6.03 Å². The Hall–Kier alpha value is -2.19. The van der Waals surface area contributed by atoms with E-state index in [9.17, 15) is 14.0 Å². The molecule has 0 atom stereocenters. The zero-order chi connectivity index (χ0) is 24.3. The second kappa shape index (κ2) is 13.6. The Morgan fingerprint density at radius 1 is 1.00 bits per heavy atom. The normalized spacial score (nSPS) is 18.3. The van der Waals surface area contributed by atoms with Gasteiger partial charge in [-0.15, -0.1) is 0 Å². The molecule has 2 N–H and O–H groups in total. The minimum atomic E-state index is -0.208. The van der Waals surface area contributed by atoms with Crippen LogP contribution in [0.2, 0.25) is 0 Å². The van der Waals surface area contributed by atoms with Crippen molar-refractivity contribution in [2.45, 2.75) is 58.5 Å². The molecule has 190 valence electrons. The van der Waals surface area contributed by atoms with Crippen molar-refractivity contribution >= 4 is 11.9 Å². The summed E-state index contributed by atoms with van der Waals surface area (Å²) in [5, 5.41) is 6.28. The van der Waals surface area contributed by atoms with Crippen molar-refractivity contribution in [3.05, 3.63) is 35.6 Å². The summed E-state index contributed by atoms with van der Waals surface area (Å²) in [5.74, 6) is -0.0685. The average molecular weight is 476 g/mol. The van der Waals surface area contributed by atoms with Gasteiger partial charge in [0, 0.05) is 51.2 Å². The van der Waals surface area contributed by atoms with Gasteiger partial charge in [0.25, 0.3) is 0 Å². The third-order valence-corrected chi connectivity index (χ3v) is 7.23. The Kier molecular flexibility index (Phi) is 10.6. The molecule has 0 unspecified atom stereocenters. The maximum absolute atomic E-state index is 13.1. The lowest BCUT2D eigenvalue weighted by atomic mass is 9.96. The van der Waals surface area contributed by atoms with Gasteiger partial charge in [-0.05, 0) is 69.4 Å². The molecule has 0 spiro atoms. The van der Waals surface area contributed by atoms with Gasteiger partial charge in [0.15, 0.2) is 0 Å². The standard InChI is InChI=1S/C26H42FN5O2/c1-3-30(4-2)15-5-14-28-25(33)22-10-18-32(19-11-22)26(34)29-24-12-16-31(17-13-24)20-21-6-8-23(27)9-7-21/h6-9,22,24H,3-5,10-20H2,1-2H3,(H,28,33)(H,29,34). The topological polar surface area (TPSA) is 67.9 Å². The summed E-state index contributed by atoms with van der Waals surface area (Å²) >= 11 is 0. The zero-order valence-corrected chi connectivity index (χ0v) is 20.9. The number of halogens is 1. The van der Waals surface area contributed by atoms with E-state index in [1.54, 1.807) is 0 Å². The highest BCUT2D eigenvalue weighted by Crippen LogP contribution is 2.19. The molecule has 0 aliphatic carbocycles. The van der Waals surface area contributed by atoms with Gasteiger partial charge in [-0.1, -0.05) is 26.0 Å². The highest BCUT2D eigenvalue weighted by Gasteiger charge is 2.29. The fourth-order valence-corrected chi connectivity index (χ4v) is 4.89. The monoisotopic (exact) mass is 475 g/mol. The molecule has 0 aromatic heterocycles. The Morgan fingerprint density at radius 2 is 1.65 bits per heavy atom. The smallest absolute Gasteiger partial charge is 0.317 e. The van der Waals surface area contributed by atoms with Crippen LogP contribution in [0.15, 0.2) is 24.3 Å². The molecule has 3 rings (SSSR count). The van der Waals surface area contributed by atoms with E-state index in [0.29, 0.717) is 13.1 Å². The molecule has 3 amide bonds. The predicted molar refractivity (Wildman–Crippen MR) is 133 cm³/mol. The summed E-state index contributed by atoms with van der Waals surface area (Å²) in [4.78, 5) is 31.8. The lowest BCUT2D eigenvalue weighted by Gasteiger charge is -2.35. The van der Waals surface area contributed by atoms with Crippen molar-refractivity contribution < 1.29 is 14.0 Å². The summed E-state index contributed by atoms with van der Waals surface area (Å²) in [7, 11) is 0. The van der Waals surface area contributed by atoms with Crippen LogP contribution in [0.5, 0.6) is 0 Å². The number of nitrogens with zero attached hydrogens (tertiary/aromatic N) is 3. The third-order valence-electron chi connectivity index (χ3n) is 7.23. The van der Waals surface area contributed by atoms with Gasteiger partial charge in [-0.2, -0.15) is 0 Å². The van der Waals surface area contributed by atoms with Crippen LogP contribution < -0.4 is 10.6 Å². The van der Waals surface area contributed by atoms with E-state index < -0.39 is 0 Å². The Morgan fingerprint density at radius 3 is 2.26 bits per heavy atom. The number of piperidine rings is 2. The number of urea groups is 1. The number of amides is 3. The summed E-state index contributed by atoms with van der Waals surface area (Å²) in [6, 6.07) is 6.85. The molecule has 1 aromatic carbocycles. The van der Waals surface area contributed by atoms with Crippen molar-refractivity contribution in [1.82, 2.24) is 25.3 Å². The van der Waals surface area contributed by atoms with E-state index >= 15 is 0 Å². The lowest BCUT2D eigenvalue weighted by molar-refractivity contribution is -0.126. The van der Waals surface area contributed by atoms with E-state index in [0.717, 1.165) is 83.5 Å². The Bertz CT molecular complexity index is 755. The first-order chi connectivity index (χ1) is 16.5. The van der Waals surface area contributed by atoms with Gasteiger partial charge in [0.2, 0.25) is 5.91 Å². The van der Waals surface area contributed by atoms with Crippen LogP contribution in [0.1, 0.15) is 51.5 Å². The van der Waals surface area contributed by atoms with Crippen LogP contribution >= 0.6 is 0 Å². The SMILES string of the molecule is CCN(CC)CCCNC(=O)C1CCN(C(=O)NC2CCN(Cc3ccc(F)cc3)CC2)CC1. The Balaban J connectivity index is 1.29. The third kappa shape index (κ3) is 8.24. The van der Waals surface area contributed by atoms with E-state index in [2.05, 4.69) is 34.3 Å². The molecule has 1 aromatic rings. The summed E-state index contributed by atoms with van der Waals surface area (Å²) in [5.41, 5.74) is 1.11. The molecule has 7 nitrogen and oxygen atoms in total. The lowest BCUT2D eigenvalue weighted by Crippen LogP contribution is -2.51. The number of carbonyl (C=O) groups excluding carboxylic acids is 2. The van der Waals surface area contributed by atoms with Crippen LogP contribution in [0.4, 0.5) is 9.18 Å². The van der Waals surface area contributed by atoms with Crippen LogP contribution in [0, 0.1) is 11.7 Å². The predicted octanol–water partition coefficient (Wildman–Crippen LogP) is 3.06. The molecule has 0 radical (unpaired) electrons. The quantitative estimate of drug-likeness (QED) is 0.511. The van der Waals surface area contributed by atoms with Crippen molar-refractivity contribution in [2.75, 3.05) is 52.4 Å². The number of hydrogen-bond acceptors (Lipinski definition) is 4. The van der Waals surface area contributed by atoms with E-state index in [1.165, 1.54) is 12.1 Å². The van der Waals surface area contributed by atoms with Crippen LogP contribution in [0.3, 0.4) is 0 Å². The molecule has 8 heteroatoms. The molecular weight excluding hydrogens is 433 g/mol. The molecule has 2 fully saturated rings. The maximum atomic E-state index is 13.1. The molecule has 34 heavy (non-hydrogen) atoms. The van der Waals surface area contributed by atoms with Crippen LogP contribution in [0.25, 0.3) is 0 Å². The summed E-state index contributed by atoms with van der Waals surface area (Å²) in [6.07, 6.45) is 4.26. The number of likely N-dealkylation sites (tertiary alicyclic amines) is 2. The van der Waals surface area contributed by atoms with Crippen LogP contribution in [-0.4, -0.2) is 85.0 Å². The summed E-state index contributed by atoms with van der Waals surface area (Å²) < 4.78 is 13.1. The first-order valence-corrected chi connectivity index (χ1v) is 13.0. The van der Waals surface area contributed by atoms with Gasteiger partial charge in [0.1, 0.15) is 5.82 Å². The van der Waals surface area contributed by atoms with E-state index in [1.807, 2.05) is 17.0 Å². The number of benzene rings is 1. The first kappa shape index (κ1) is 26.4. The maximum Gasteiger partial charge on any atom is 0.317 e. The zero-order valence-electron chi connectivity index (χ0n) is 20.9.